The van der Waals surface area contributed by atoms with Crippen molar-refractivity contribution in [2.45, 2.75) is 0 Å². The van der Waals surface area contributed by atoms with Crippen LogP contribution >= 0.6 is 11.6 Å². The Balaban J connectivity index is 2.02. The van der Waals surface area contributed by atoms with Crippen molar-refractivity contribution in [2.24, 2.45) is 0 Å². The minimum atomic E-state index is 0.736. The Labute approximate surface area is 110 Å². The Morgan fingerprint density at radius 2 is 1.67 bits per heavy atom. The Bertz CT molecular complexity index is 672. The molecule has 0 spiro atoms. The molecule has 0 aliphatic heterocycles. The van der Waals surface area contributed by atoms with Crippen LogP contribution < -0.4 is 5.32 Å². The van der Waals surface area contributed by atoms with Crippen molar-refractivity contribution in [3.8, 4) is 0 Å². The fourth-order valence-electron chi connectivity index (χ4n) is 1.89. The average Bonchev–Trinajstić information content (AvgIpc) is 2.42. The summed E-state index contributed by atoms with van der Waals surface area (Å²) < 4.78 is 0. The van der Waals surface area contributed by atoms with E-state index >= 15 is 0 Å². The zero-order valence-corrected chi connectivity index (χ0v) is 10.4. The Kier molecular flexibility index (Phi) is 2.87. The zero-order valence-electron chi connectivity index (χ0n) is 9.60. The van der Waals surface area contributed by atoms with Crippen LogP contribution in [0.25, 0.3) is 10.9 Å². The Morgan fingerprint density at radius 3 is 2.50 bits per heavy atom. The molecule has 0 atom stereocenters. The molecule has 2 nitrogen and oxygen atoms in total. The lowest BCUT2D eigenvalue weighted by Crippen LogP contribution is -1.92. The van der Waals surface area contributed by atoms with Gasteiger partial charge in [0.2, 0.25) is 0 Å². The number of halogens is 1. The maximum absolute atomic E-state index is 5.87. The van der Waals surface area contributed by atoms with Crippen LogP contribution in [0.5, 0.6) is 0 Å². The molecule has 0 radical (unpaired) electrons. The lowest BCUT2D eigenvalue weighted by Gasteiger charge is -2.09. The summed E-state index contributed by atoms with van der Waals surface area (Å²) in [6, 6.07) is 17.7. The number of benzene rings is 2. The first-order chi connectivity index (χ1) is 8.83. The molecule has 0 fully saturated rings. The molecule has 3 rings (SSSR count). The number of nitrogens with one attached hydrogen (secondary N) is 1. The lowest BCUT2D eigenvalue weighted by molar-refractivity contribution is 1.40. The first-order valence-corrected chi connectivity index (χ1v) is 6.07. The van der Waals surface area contributed by atoms with Gasteiger partial charge in [-0.25, -0.2) is 0 Å². The molecular formula is C15H11ClN2. The summed E-state index contributed by atoms with van der Waals surface area (Å²) in [5.41, 5.74) is 3.04. The van der Waals surface area contributed by atoms with Crippen molar-refractivity contribution in [1.82, 2.24) is 4.98 Å². The summed E-state index contributed by atoms with van der Waals surface area (Å²) in [7, 11) is 0. The van der Waals surface area contributed by atoms with Crippen molar-refractivity contribution in [1.29, 1.82) is 0 Å². The minimum Gasteiger partial charge on any atom is -0.355 e. The number of hydrogen-bond acceptors (Lipinski definition) is 2. The monoisotopic (exact) mass is 254 g/mol. The zero-order chi connectivity index (χ0) is 12.4. The van der Waals surface area contributed by atoms with Gasteiger partial charge in [-0.05, 0) is 36.4 Å². The molecule has 3 heteroatoms. The highest BCUT2D eigenvalue weighted by Gasteiger charge is 2.01. The van der Waals surface area contributed by atoms with E-state index < -0.39 is 0 Å². The second-order valence-corrected chi connectivity index (χ2v) is 4.44. The highest BCUT2D eigenvalue weighted by atomic mass is 35.5. The first kappa shape index (κ1) is 11.1. The van der Waals surface area contributed by atoms with Crippen molar-refractivity contribution in [3.05, 3.63) is 65.8 Å². The van der Waals surface area contributed by atoms with Crippen molar-refractivity contribution < 1.29 is 0 Å². The molecule has 0 amide bonds. The fraction of sp³-hybridized carbons (Fsp3) is 0. The van der Waals surface area contributed by atoms with E-state index in [9.17, 15) is 0 Å². The number of anilines is 2. The molecule has 1 aromatic heterocycles. The molecule has 0 unspecified atom stereocenters. The number of hydrogen-bond donors (Lipinski definition) is 1. The van der Waals surface area contributed by atoms with E-state index in [4.69, 9.17) is 11.6 Å². The molecule has 0 bridgehead atoms. The Morgan fingerprint density at radius 1 is 0.889 bits per heavy atom. The van der Waals surface area contributed by atoms with Crippen LogP contribution in [0.4, 0.5) is 11.4 Å². The third kappa shape index (κ3) is 2.15. The molecule has 2 aromatic carbocycles. The van der Waals surface area contributed by atoms with Crippen LogP contribution in [0.3, 0.4) is 0 Å². The van der Waals surface area contributed by atoms with E-state index in [0.29, 0.717) is 0 Å². The molecule has 1 N–H and O–H groups in total. The third-order valence-corrected chi connectivity index (χ3v) is 3.02. The van der Waals surface area contributed by atoms with Gasteiger partial charge < -0.3 is 5.32 Å². The predicted octanol–water partition coefficient (Wildman–Crippen LogP) is 4.63. The SMILES string of the molecule is Clc1ccc(Nc2ccnc3ccccc23)cc1. The molecule has 88 valence electrons. The highest BCUT2D eigenvalue weighted by molar-refractivity contribution is 6.30. The van der Waals surface area contributed by atoms with E-state index in [2.05, 4.69) is 16.4 Å². The second kappa shape index (κ2) is 4.67. The molecule has 0 saturated heterocycles. The maximum atomic E-state index is 5.87. The Hall–Kier alpha value is -2.06. The normalized spacial score (nSPS) is 10.5. The summed E-state index contributed by atoms with van der Waals surface area (Å²) in [5, 5.41) is 5.22. The summed E-state index contributed by atoms with van der Waals surface area (Å²) >= 11 is 5.87. The smallest absolute Gasteiger partial charge is 0.0722 e. The van der Waals surface area contributed by atoms with E-state index in [1.54, 1.807) is 6.20 Å². The number of pyridine rings is 1. The van der Waals surface area contributed by atoms with Gasteiger partial charge in [-0.15, -0.1) is 0 Å². The van der Waals surface area contributed by atoms with Crippen molar-refractivity contribution in [3.63, 3.8) is 0 Å². The summed E-state index contributed by atoms with van der Waals surface area (Å²) in [5.74, 6) is 0. The van der Waals surface area contributed by atoms with Gasteiger partial charge in [0.05, 0.1) is 5.52 Å². The molecule has 18 heavy (non-hydrogen) atoms. The molecule has 1 heterocycles. The topological polar surface area (TPSA) is 24.9 Å². The molecule has 0 aliphatic carbocycles. The van der Waals surface area contributed by atoms with Crippen molar-refractivity contribution >= 4 is 33.9 Å². The summed E-state index contributed by atoms with van der Waals surface area (Å²) in [6.07, 6.45) is 1.81. The van der Waals surface area contributed by atoms with E-state index in [1.165, 1.54) is 0 Å². The van der Waals surface area contributed by atoms with Crippen LogP contribution in [0.1, 0.15) is 0 Å². The fourth-order valence-corrected chi connectivity index (χ4v) is 2.02. The second-order valence-electron chi connectivity index (χ2n) is 4.01. The maximum Gasteiger partial charge on any atom is 0.0722 e. The van der Waals surface area contributed by atoms with Gasteiger partial charge in [0.15, 0.2) is 0 Å². The molecule has 0 saturated carbocycles. The van der Waals surface area contributed by atoms with Crippen LogP contribution in [0, 0.1) is 0 Å². The van der Waals surface area contributed by atoms with Gasteiger partial charge in [0, 0.05) is 28.0 Å². The highest BCUT2D eigenvalue weighted by Crippen LogP contribution is 2.25. The number of nitrogens with zero attached hydrogens (tertiary/aromatic N) is 1. The van der Waals surface area contributed by atoms with Gasteiger partial charge in [-0.3, -0.25) is 4.98 Å². The van der Waals surface area contributed by atoms with Crippen LogP contribution in [0.15, 0.2) is 60.8 Å². The number of fused-ring (bicyclic) bond motifs is 1. The molecule has 0 aliphatic rings. The van der Waals surface area contributed by atoms with Gasteiger partial charge in [0.25, 0.3) is 0 Å². The third-order valence-electron chi connectivity index (χ3n) is 2.77. The number of para-hydroxylation sites is 1. The lowest BCUT2D eigenvalue weighted by atomic mass is 10.2. The average molecular weight is 255 g/mol. The van der Waals surface area contributed by atoms with Crippen LogP contribution in [-0.4, -0.2) is 4.98 Å². The first-order valence-electron chi connectivity index (χ1n) is 5.69. The van der Waals surface area contributed by atoms with Crippen molar-refractivity contribution in [2.75, 3.05) is 5.32 Å². The predicted molar refractivity (Wildman–Crippen MR) is 76.5 cm³/mol. The van der Waals surface area contributed by atoms with Crippen LogP contribution in [0.2, 0.25) is 5.02 Å². The number of aromatic nitrogens is 1. The molecular weight excluding hydrogens is 244 g/mol. The van der Waals surface area contributed by atoms with Gasteiger partial charge in [-0.1, -0.05) is 29.8 Å². The van der Waals surface area contributed by atoms with Gasteiger partial charge >= 0.3 is 0 Å². The van der Waals surface area contributed by atoms with E-state index in [-0.39, 0.29) is 0 Å². The number of rotatable bonds is 2. The summed E-state index contributed by atoms with van der Waals surface area (Å²) in [6.45, 7) is 0. The minimum absolute atomic E-state index is 0.736. The quantitative estimate of drug-likeness (QED) is 0.721. The van der Waals surface area contributed by atoms with Gasteiger partial charge in [-0.2, -0.15) is 0 Å². The van der Waals surface area contributed by atoms with E-state index in [1.807, 2.05) is 48.5 Å². The van der Waals surface area contributed by atoms with E-state index in [0.717, 1.165) is 27.3 Å². The summed E-state index contributed by atoms with van der Waals surface area (Å²) in [4.78, 5) is 4.34. The van der Waals surface area contributed by atoms with Gasteiger partial charge in [0.1, 0.15) is 0 Å². The largest absolute Gasteiger partial charge is 0.355 e. The van der Waals surface area contributed by atoms with Crippen LogP contribution in [-0.2, 0) is 0 Å². The molecule has 3 aromatic rings. The standard InChI is InChI=1S/C15H11ClN2/c16-11-5-7-12(8-6-11)18-15-9-10-17-14-4-2-1-3-13(14)15/h1-10H,(H,17,18).